The van der Waals surface area contributed by atoms with Gasteiger partial charge in [0.1, 0.15) is 19.3 Å². The summed E-state index contributed by atoms with van der Waals surface area (Å²) in [6, 6.07) is 0. The van der Waals surface area contributed by atoms with Crippen molar-refractivity contribution in [2.75, 3.05) is 39.6 Å². The van der Waals surface area contributed by atoms with E-state index in [0.717, 1.165) is 109 Å². The summed E-state index contributed by atoms with van der Waals surface area (Å²) in [6.45, 7) is 7.34. The highest BCUT2D eigenvalue weighted by atomic mass is 31.2. The standard InChI is InChI=1S/C83H158O17P2/c1-6-10-13-16-19-22-25-28-30-32-37-42-47-52-57-62-67-81(86)94-73-79(100-83(88)69-64-59-54-49-44-39-34-33-36-40-45-50-55-60-65-76(5)9-4)75-98-102(91,92)96-71-77(84)70-95-101(89,90)97-74-78(72-93-80(85)66-61-56-51-46-41-35-27-24-21-18-15-12-8-3)99-82(87)68-63-58-53-48-43-38-31-29-26-23-20-17-14-11-7-2/h23,26,29,31,76-79,84H,6-22,24-25,27-28,30,32-75H2,1-5H3,(H,89,90)(H,91,92)/b26-23-,31-29-/t76?,77-,78+,79+/m0/s1. The second kappa shape index (κ2) is 75.4. The minimum atomic E-state index is -4.97. The van der Waals surface area contributed by atoms with E-state index in [9.17, 15) is 43.2 Å². The summed E-state index contributed by atoms with van der Waals surface area (Å²) in [5.74, 6) is -1.29. The number of ether oxygens (including phenoxy) is 4. The lowest BCUT2D eigenvalue weighted by Gasteiger charge is -2.21. The first kappa shape index (κ1) is 99.5. The molecule has 0 saturated carbocycles. The zero-order chi connectivity index (χ0) is 74.8. The molecule has 0 aliphatic heterocycles. The van der Waals surface area contributed by atoms with E-state index in [1.54, 1.807) is 0 Å². The van der Waals surface area contributed by atoms with E-state index in [1.807, 2.05) is 0 Å². The minimum Gasteiger partial charge on any atom is -0.462 e. The van der Waals surface area contributed by atoms with E-state index >= 15 is 0 Å². The van der Waals surface area contributed by atoms with Crippen LogP contribution in [-0.4, -0.2) is 96.7 Å². The van der Waals surface area contributed by atoms with Gasteiger partial charge in [-0.1, -0.05) is 367 Å². The third-order valence-corrected chi connectivity index (χ3v) is 21.2. The van der Waals surface area contributed by atoms with Gasteiger partial charge in [0.15, 0.2) is 12.2 Å². The number of carbonyl (C=O) groups excluding carboxylic acids is 4. The summed E-state index contributed by atoms with van der Waals surface area (Å²) in [6.07, 6.45) is 69.9. The lowest BCUT2D eigenvalue weighted by atomic mass is 9.99. The van der Waals surface area contributed by atoms with Crippen molar-refractivity contribution in [3.8, 4) is 0 Å². The van der Waals surface area contributed by atoms with Crippen LogP contribution in [0.2, 0.25) is 0 Å². The smallest absolute Gasteiger partial charge is 0.462 e. The average molecular weight is 1490 g/mol. The molecular formula is C83H158O17P2. The van der Waals surface area contributed by atoms with Crippen LogP contribution in [0.25, 0.3) is 0 Å². The number of allylic oxidation sites excluding steroid dienone is 4. The number of aliphatic hydroxyl groups excluding tert-OH is 1. The van der Waals surface area contributed by atoms with Gasteiger partial charge in [-0.3, -0.25) is 37.3 Å². The van der Waals surface area contributed by atoms with Gasteiger partial charge in [0, 0.05) is 25.7 Å². The minimum absolute atomic E-state index is 0.0858. The molecule has 0 fully saturated rings. The number of rotatable bonds is 81. The molecule has 3 unspecified atom stereocenters. The predicted octanol–water partition coefficient (Wildman–Crippen LogP) is 24.8. The molecule has 602 valence electrons. The molecule has 0 bridgehead atoms. The summed E-state index contributed by atoms with van der Waals surface area (Å²) in [7, 11) is -9.94. The SMILES string of the molecule is CCCCCC/C=C\C=C/CCCCCCCC(=O)O[C@H](COC(=O)CCCCCCCCCCCCCCC)COP(=O)(O)OC[C@H](O)COP(=O)(O)OC[C@@H](COC(=O)CCCCCCCCCCCCCCCCCC)OC(=O)CCCCCCCCCCCCCCCCC(C)CC. The van der Waals surface area contributed by atoms with Crippen molar-refractivity contribution in [1.29, 1.82) is 0 Å². The summed E-state index contributed by atoms with van der Waals surface area (Å²) >= 11 is 0. The lowest BCUT2D eigenvalue weighted by Crippen LogP contribution is -2.30. The van der Waals surface area contributed by atoms with Crippen LogP contribution in [0, 0.1) is 5.92 Å². The Morgan fingerprint density at radius 2 is 0.549 bits per heavy atom. The number of hydrogen-bond acceptors (Lipinski definition) is 15. The zero-order valence-corrected chi connectivity index (χ0v) is 68.0. The van der Waals surface area contributed by atoms with E-state index in [2.05, 4.69) is 58.9 Å². The summed E-state index contributed by atoms with van der Waals surface area (Å²) < 4.78 is 68.8. The first-order chi connectivity index (χ1) is 49.6. The number of unbranched alkanes of at least 4 members (excludes halogenated alkanes) is 49. The molecule has 6 atom stereocenters. The van der Waals surface area contributed by atoms with E-state index in [0.29, 0.717) is 25.7 Å². The zero-order valence-electron chi connectivity index (χ0n) is 66.2. The fraction of sp³-hybridized carbons (Fsp3) is 0.904. The van der Waals surface area contributed by atoms with Crippen molar-refractivity contribution in [3.63, 3.8) is 0 Å². The average Bonchev–Trinajstić information content (AvgIpc) is 0.933. The molecule has 3 N–H and O–H groups in total. The third-order valence-electron chi connectivity index (χ3n) is 19.3. The van der Waals surface area contributed by atoms with Gasteiger partial charge in [-0.05, 0) is 57.3 Å². The highest BCUT2D eigenvalue weighted by Crippen LogP contribution is 2.45. The normalized spacial score (nSPS) is 14.2. The molecule has 0 aliphatic rings. The van der Waals surface area contributed by atoms with Crippen LogP contribution < -0.4 is 0 Å². The molecular weight excluding hydrogens is 1330 g/mol. The van der Waals surface area contributed by atoms with Crippen molar-refractivity contribution in [2.24, 2.45) is 5.92 Å². The summed E-state index contributed by atoms with van der Waals surface area (Å²) in [5, 5.41) is 10.7. The Bertz CT molecular complexity index is 2040. The van der Waals surface area contributed by atoms with E-state index in [1.165, 1.54) is 231 Å². The molecule has 0 spiro atoms. The quantitative estimate of drug-likeness (QED) is 0.0169. The molecule has 0 aliphatic carbocycles. The number of carbonyl (C=O) groups is 4. The van der Waals surface area contributed by atoms with Gasteiger partial charge in [-0.2, -0.15) is 0 Å². The highest BCUT2D eigenvalue weighted by molar-refractivity contribution is 7.47. The Kier molecular flexibility index (Phi) is 73.5. The van der Waals surface area contributed by atoms with Gasteiger partial charge < -0.3 is 33.8 Å². The van der Waals surface area contributed by atoms with Crippen molar-refractivity contribution in [2.45, 2.75) is 438 Å². The summed E-state index contributed by atoms with van der Waals surface area (Å²) in [4.78, 5) is 73.1. The van der Waals surface area contributed by atoms with Crippen LogP contribution >= 0.6 is 15.6 Å². The number of hydrogen-bond donors (Lipinski definition) is 3. The maximum atomic E-state index is 13.1. The number of esters is 4. The van der Waals surface area contributed by atoms with Crippen LogP contribution in [0.4, 0.5) is 0 Å². The largest absolute Gasteiger partial charge is 0.472 e. The highest BCUT2D eigenvalue weighted by Gasteiger charge is 2.30. The molecule has 17 nitrogen and oxygen atoms in total. The van der Waals surface area contributed by atoms with Gasteiger partial charge in [0.05, 0.1) is 26.4 Å². The lowest BCUT2D eigenvalue weighted by molar-refractivity contribution is -0.161. The van der Waals surface area contributed by atoms with Crippen molar-refractivity contribution in [3.05, 3.63) is 24.3 Å². The fourth-order valence-corrected chi connectivity index (χ4v) is 13.9. The molecule has 0 aromatic carbocycles. The van der Waals surface area contributed by atoms with Gasteiger partial charge in [-0.15, -0.1) is 0 Å². The molecule has 0 aromatic rings. The Labute approximate surface area is 624 Å². The Morgan fingerprint density at radius 3 is 0.833 bits per heavy atom. The Balaban J connectivity index is 5.30. The van der Waals surface area contributed by atoms with Crippen molar-refractivity contribution in [1.82, 2.24) is 0 Å². The molecule has 0 saturated heterocycles. The van der Waals surface area contributed by atoms with Crippen molar-refractivity contribution < 1.29 is 80.2 Å². The Morgan fingerprint density at radius 1 is 0.314 bits per heavy atom. The summed E-state index contributed by atoms with van der Waals surface area (Å²) in [5.41, 5.74) is 0. The second-order valence-electron chi connectivity index (χ2n) is 29.4. The van der Waals surface area contributed by atoms with E-state index in [4.69, 9.17) is 37.0 Å². The number of phosphoric ester groups is 2. The number of phosphoric acid groups is 2. The predicted molar refractivity (Wildman–Crippen MR) is 418 cm³/mol. The van der Waals surface area contributed by atoms with Crippen molar-refractivity contribution >= 4 is 39.5 Å². The van der Waals surface area contributed by atoms with Gasteiger partial charge >= 0.3 is 39.5 Å². The van der Waals surface area contributed by atoms with Gasteiger partial charge in [-0.25, -0.2) is 9.13 Å². The molecule has 0 amide bonds. The van der Waals surface area contributed by atoms with E-state index < -0.39 is 97.5 Å². The van der Waals surface area contributed by atoms with Crippen LogP contribution in [0.15, 0.2) is 24.3 Å². The fourth-order valence-electron chi connectivity index (χ4n) is 12.4. The van der Waals surface area contributed by atoms with Crippen LogP contribution in [0.3, 0.4) is 0 Å². The number of aliphatic hydroxyl groups is 1. The van der Waals surface area contributed by atoms with Gasteiger partial charge in [0.25, 0.3) is 0 Å². The molecule has 0 rings (SSSR count). The first-order valence-electron chi connectivity index (χ1n) is 42.5. The molecule has 0 heterocycles. The molecule has 102 heavy (non-hydrogen) atoms. The third kappa shape index (κ3) is 74.4. The van der Waals surface area contributed by atoms with Crippen LogP contribution in [-0.2, 0) is 65.4 Å². The maximum Gasteiger partial charge on any atom is 0.472 e. The first-order valence-corrected chi connectivity index (χ1v) is 45.5. The molecule has 19 heteroatoms. The monoisotopic (exact) mass is 1490 g/mol. The maximum absolute atomic E-state index is 13.1. The van der Waals surface area contributed by atoms with Crippen LogP contribution in [0.5, 0.6) is 0 Å². The molecule has 0 radical (unpaired) electrons. The second-order valence-corrected chi connectivity index (χ2v) is 32.3. The Hall–Kier alpha value is -2.46. The van der Waals surface area contributed by atoms with Crippen LogP contribution in [0.1, 0.15) is 420 Å². The van der Waals surface area contributed by atoms with Gasteiger partial charge in [0.2, 0.25) is 0 Å². The molecule has 0 aromatic heterocycles. The topological polar surface area (TPSA) is 237 Å². The van der Waals surface area contributed by atoms with E-state index in [-0.39, 0.29) is 25.7 Å².